The Morgan fingerprint density at radius 3 is 2.45 bits per heavy atom. The van der Waals surface area contributed by atoms with E-state index in [0.717, 1.165) is 0 Å². The molecule has 2 aliphatic rings. The van der Waals surface area contributed by atoms with E-state index >= 15 is 0 Å². The molecule has 0 radical (unpaired) electrons. The molecule has 7 heteroatoms. The van der Waals surface area contributed by atoms with Crippen molar-refractivity contribution in [2.24, 2.45) is 5.92 Å². The van der Waals surface area contributed by atoms with Crippen molar-refractivity contribution in [3.05, 3.63) is 0 Å². The first-order valence-electron chi connectivity index (χ1n) is 7.82. The molecule has 2 fully saturated rings. The first-order chi connectivity index (χ1) is 9.94. The summed E-state index contributed by atoms with van der Waals surface area (Å²) in [4.78, 5) is 23.5. The van der Waals surface area contributed by atoms with Crippen molar-refractivity contribution in [3.8, 4) is 0 Å². The van der Waals surface area contributed by atoms with E-state index in [1.165, 1.54) is 6.92 Å². The van der Waals surface area contributed by atoms with Crippen molar-refractivity contribution in [2.75, 3.05) is 0 Å². The molecule has 22 heavy (non-hydrogen) atoms. The average Bonchev–Trinajstić information content (AvgIpc) is 2.78. The first kappa shape index (κ1) is 18.4. The zero-order valence-electron chi connectivity index (χ0n) is 14.3. The van der Waals surface area contributed by atoms with E-state index < -0.39 is 14.4 Å². The third-order valence-corrected chi connectivity index (χ3v) is 13.6. The number of hydrogen-bond donors (Lipinski definition) is 0. The van der Waals surface area contributed by atoms with Crippen molar-refractivity contribution in [1.82, 2.24) is 0 Å². The van der Waals surface area contributed by atoms with Crippen molar-refractivity contribution in [2.45, 2.75) is 74.0 Å². The van der Waals surface area contributed by atoms with Gasteiger partial charge >= 0.3 is 150 Å². The molecule has 0 aromatic rings. The van der Waals surface area contributed by atoms with Gasteiger partial charge < -0.3 is 0 Å². The maximum absolute atomic E-state index is 12.3. The average molecular weight is 514 g/mol. The first-order valence-corrected chi connectivity index (χ1v) is 13.9. The van der Waals surface area contributed by atoms with Crippen LogP contribution < -0.4 is 0 Å². The summed E-state index contributed by atoms with van der Waals surface area (Å²) in [5.41, 5.74) is 0. The van der Waals surface area contributed by atoms with E-state index in [2.05, 4.69) is 33.9 Å². The van der Waals surface area contributed by atoms with Gasteiger partial charge in [0.1, 0.15) is 0 Å². The van der Waals surface area contributed by atoms with Crippen LogP contribution in [0.25, 0.3) is 0 Å². The molecule has 5 atom stereocenters. The molecule has 121 valence electrons. The fourth-order valence-corrected chi connectivity index (χ4v) is 7.05. The van der Waals surface area contributed by atoms with Crippen LogP contribution in [-0.2, 0) is 49.6 Å². The second-order valence-electron chi connectivity index (χ2n) is 7.91. The van der Waals surface area contributed by atoms with Crippen LogP contribution in [0.3, 0.4) is 0 Å². The number of rotatable bonds is 3. The number of fused-ring (bicyclic) bond motifs is 1. The van der Waals surface area contributed by atoms with Gasteiger partial charge in [0.15, 0.2) is 0 Å². The van der Waals surface area contributed by atoms with Crippen LogP contribution >= 0.6 is 0 Å². The van der Waals surface area contributed by atoms with Crippen LogP contribution in [0.1, 0.15) is 34.1 Å². The van der Waals surface area contributed by atoms with Gasteiger partial charge in [0, 0.05) is 0 Å². The second kappa shape index (κ2) is 6.17. The Morgan fingerprint density at radius 2 is 1.95 bits per heavy atom. The molecule has 1 heterocycles. The molecule has 0 spiro atoms. The molecule has 0 amide bonds. The molecule has 0 bridgehead atoms. The molecule has 0 aromatic carbocycles. The number of carbonyl (C=O) groups excluding carboxylic acids is 2. The number of carbonyl (C=O) groups is 2. The summed E-state index contributed by atoms with van der Waals surface area (Å²) >= 11 is 0.372. The zero-order chi connectivity index (χ0) is 16.9. The van der Waals surface area contributed by atoms with Gasteiger partial charge in [-0.3, -0.25) is 0 Å². The van der Waals surface area contributed by atoms with Crippen LogP contribution in [0, 0.1) is 5.92 Å². The van der Waals surface area contributed by atoms with Crippen molar-refractivity contribution >= 4 is 20.3 Å². The third-order valence-electron chi connectivity index (χ3n) is 5.24. The van der Waals surface area contributed by atoms with Gasteiger partial charge in [0.2, 0.25) is 0 Å². The van der Waals surface area contributed by atoms with Gasteiger partial charge in [-0.1, -0.05) is 0 Å². The van der Waals surface area contributed by atoms with Gasteiger partial charge in [-0.25, -0.2) is 0 Å². The van der Waals surface area contributed by atoms with E-state index in [-0.39, 0.29) is 38.5 Å². The summed E-state index contributed by atoms with van der Waals surface area (Å²) < 4.78 is 17.6. The van der Waals surface area contributed by atoms with Crippen LogP contribution in [-0.4, -0.2) is 38.6 Å². The van der Waals surface area contributed by atoms with Crippen molar-refractivity contribution in [1.29, 1.82) is 0 Å². The van der Waals surface area contributed by atoms with E-state index in [9.17, 15) is 9.59 Å². The Hall–Kier alpha value is 0.0519. The standard InChI is InChI=1S/C15H25O5Si.Hg/c1-9(16)18-10-7-11-12(8-10)19-14(17)13(11)20-21(5,6)15(2,3)4;/h8,10-13H,7H2,1-6H3;/t10-,11+,12-,13+;/m0./s1. The Kier molecular flexibility index (Phi) is 5.15. The normalized spacial score (nSPS) is 35.3. The maximum atomic E-state index is 12.3. The predicted octanol–water partition coefficient (Wildman–Crippen LogP) is 2.59. The number of esters is 2. The molecule has 2 rings (SSSR count). The van der Waals surface area contributed by atoms with Crippen molar-refractivity contribution < 1.29 is 49.6 Å². The van der Waals surface area contributed by atoms with Gasteiger partial charge in [-0.05, 0) is 0 Å². The molecule has 5 nitrogen and oxygen atoms in total. The summed E-state index contributed by atoms with van der Waals surface area (Å²) in [6.07, 6.45) is -0.0226. The van der Waals surface area contributed by atoms with Gasteiger partial charge in [-0.2, -0.15) is 0 Å². The minimum absolute atomic E-state index is 0.0356. The van der Waals surface area contributed by atoms with Gasteiger partial charge in [0.25, 0.3) is 0 Å². The fourth-order valence-electron chi connectivity index (χ4n) is 2.93. The van der Waals surface area contributed by atoms with Crippen LogP contribution in [0.15, 0.2) is 0 Å². The fraction of sp³-hybridized carbons (Fsp3) is 0.867. The summed E-state index contributed by atoms with van der Waals surface area (Å²) in [6, 6.07) is 0. The summed E-state index contributed by atoms with van der Waals surface area (Å²) in [5, 5.41) is 0.0448. The van der Waals surface area contributed by atoms with E-state index in [0.29, 0.717) is 32.5 Å². The summed E-state index contributed by atoms with van der Waals surface area (Å²) in [7, 11) is -2.04. The topological polar surface area (TPSA) is 61.8 Å². The Bertz CT molecular complexity index is 473. The monoisotopic (exact) mass is 515 g/mol. The Morgan fingerprint density at radius 1 is 1.36 bits per heavy atom. The third kappa shape index (κ3) is 3.43. The SMILES string of the molecule is CC(=O)O[C@H]1C[C@H]2[C@@H](O[Si](C)(C)C(C)(C)C)C(=O)O[C@H]2[CH]1[Hg]. The van der Waals surface area contributed by atoms with Crippen LogP contribution in [0.5, 0.6) is 0 Å². The van der Waals surface area contributed by atoms with Crippen LogP contribution in [0.4, 0.5) is 0 Å². The molecular weight excluding hydrogens is 489 g/mol. The van der Waals surface area contributed by atoms with Gasteiger partial charge in [-0.15, -0.1) is 0 Å². The summed E-state index contributed by atoms with van der Waals surface area (Å²) in [5.74, 6) is -0.446. The molecule has 1 saturated heterocycles. The molecular formula is C15H25HgO5Si. The molecule has 1 aliphatic heterocycles. The summed E-state index contributed by atoms with van der Waals surface area (Å²) in [6.45, 7) is 12.2. The second-order valence-corrected chi connectivity index (χ2v) is 16.3. The molecule has 0 N–H and O–H groups in total. The van der Waals surface area contributed by atoms with E-state index in [4.69, 9.17) is 13.9 Å². The predicted molar refractivity (Wildman–Crippen MR) is 79.4 cm³/mol. The molecule has 1 unspecified atom stereocenters. The zero-order valence-corrected chi connectivity index (χ0v) is 20.8. The number of ether oxygens (including phenoxy) is 2. The quantitative estimate of drug-likeness (QED) is 0.429. The van der Waals surface area contributed by atoms with Crippen molar-refractivity contribution in [3.63, 3.8) is 0 Å². The number of hydrogen-bond acceptors (Lipinski definition) is 5. The van der Waals surface area contributed by atoms with E-state index in [1.54, 1.807) is 0 Å². The molecule has 1 saturated carbocycles. The minimum atomic E-state index is -2.04. The molecule has 0 aromatic heterocycles. The Balaban J connectivity index is 2.14. The van der Waals surface area contributed by atoms with Gasteiger partial charge in [0.05, 0.1) is 0 Å². The Labute approximate surface area is 149 Å². The van der Waals surface area contributed by atoms with Crippen LogP contribution in [0.2, 0.25) is 21.6 Å². The van der Waals surface area contributed by atoms with E-state index in [1.807, 2.05) is 0 Å². The molecule has 1 aliphatic carbocycles.